The first-order valence-electron chi connectivity index (χ1n) is 6.13. The maximum absolute atomic E-state index is 5.74. The minimum atomic E-state index is 0.277. The molecule has 1 rings (SSSR count). The Morgan fingerprint density at radius 1 is 1.19 bits per heavy atom. The van der Waals surface area contributed by atoms with Gasteiger partial charge >= 0.3 is 0 Å². The van der Waals surface area contributed by atoms with Crippen molar-refractivity contribution >= 4 is 0 Å². The minimum absolute atomic E-state index is 0.277. The van der Waals surface area contributed by atoms with Gasteiger partial charge in [0.2, 0.25) is 0 Å². The topological polar surface area (TPSA) is 26.0 Å². The van der Waals surface area contributed by atoms with E-state index >= 15 is 0 Å². The SMILES string of the molecule is Cc1ccc(C(CCN)C(C)(C)C)c(C)c1. The van der Waals surface area contributed by atoms with E-state index in [0.29, 0.717) is 5.92 Å². The molecule has 1 nitrogen and oxygen atoms in total. The van der Waals surface area contributed by atoms with Crippen LogP contribution < -0.4 is 5.73 Å². The monoisotopic (exact) mass is 219 g/mol. The number of benzene rings is 1. The van der Waals surface area contributed by atoms with Gasteiger partial charge in [0.05, 0.1) is 0 Å². The third kappa shape index (κ3) is 3.08. The molecule has 0 bridgehead atoms. The van der Waals surface area contributed by atoms with Crippen molar-refractivity contribution in [2.24, 2.45) is 11.1 Å². The Morgan fingerprint density at radius 2 is 1.81 bits per heavy atom. The molecule has 16 heavy (non-hydrogen) atoms. The molecule has 90 valence electrons. The molecular weight excluding hydrogens is 194 g/mol. The highest BCUT2D eigenvalue weighted by Crippen LogP contribution is 2.38. The zero-order chi connectivity index (χ0) is 12.3. The van der Waals surface area contributed by atoms with Crippen LogP contribution in [0, 0.1) is 19.3 Å². The Labute approximate surface area is 100 Å². The summed E-state index contributed by atoms with van der Waals surface area (Å²) in [6, 6.07) is 6.75. The van der Waals surface area contributed by atoms with Gasteiger partial charge in [-0.15, -0.1) is 0 Å². The molecule has 0 heterocycles. The van der Waals surface area contributed by atoms with Crippen LogP contribution in [0.25, 0.3) is 0 Å². The summed E-state index contributed by atoms with van der Waals surface area (Å²) in [4.78, 5) is 0. The highest BCUT2D eigenvalue weighted by atomic mass is 14.5. The van der Waals surface area contributed by atoms with Gasteiger partial charge in [-0.3, -0.25) is 0 Å². The summed E-state index contributed by atoms with van der Waals surface area (Å²) in [7, 11) is 0. The predicted octanol–water partition coefficient (Wildman–Crippen LogP) is 3.78. The second kappa shape index (κ2) is 5.01. The van der Waals surface area contributed by atoms with Gasteiger partial charge in [-0.2, -0.15) is 0 Å². The molecule has 1 unspecified atom stereocenters. The first-order valence-corrected chi connectivity index (χ1v) is 6.13. The number of aryl methyl sites for hydroxylation is 2. The Kier molecular flexibility index (Phi) is 4.15. The first kappa shape index (κ1) is 13.2. The van der Waals surface area contributed by atoms with E-state index in [1.807, 2.05) is 0 Å². The van der Waals surface area contributed by atoms with E-state index in [4.69, 9.17) is 5.73 Å². The maximum atomic E-state index is 5.74. The molecule has 0 fully saturated rings. The van der Waals surface area contributed by atoms with Crippen LogP contribution in [-0.2, 0) is 0 Å². The molecule has 0 aromatic heterocycles. The van der Waals surface area contributed by atoms with Crippen LogP contribution in [-0.4, -0.2) is 6.54 Å². The summed E-state index contributed by atoms with van der Waals surface area (Å²) < 4.78 is 0. The molecule has 0 saturated heterocycles. The van der Waals surface area contributed by atoms with E-state index in [9.17, 15) is 0 Å². The van der Waals surface area contributed by atoms with Crippen molar-refractivity contribution in [3.05, 3.63) is 34.9 Å². The molecule has 0 aliphatic heterocycles. The largest absolute Gasteiger partial charge is 0.330 e. The Hall–Kier alpha value is -0.820. The molecule has 0 saturated carbocycles. The lowest BCUT2D eigenvalue weighted by Crippen LogP contribution is -2.22. The molecule has 1 aromatic rings. The lowest BCUT2D eigenvalue weighted by atomic mass is 9.73. The lowest BCUT2D eigenvalue weighted by Gasteiger charge is -2.32. The van der Waals surface area contributed by atoms with Crippen LogP contribution in [0.1, 0.15) is 49.8 Å². The van der Waals surface area contributed by atoms with Crippen LogP contribution in [0.3, 0.4) is 0 Å². The second-order valence-corrected chi connectivity index (χ2v) is 5.86. The fourth-order valence-corrected chi connectivity index (χ4v) is 2.44. The van der Waals surface area contributed by atoms with Gasteiger partial charge in [0.15, 0.2) is 0 Å². The minimum Gasteiger partial charge on any atom is -0.330 e. The van der Waals surface area contributed by atoms with E-state index in [1.54, 1.807) is 0 Å². The molecule has 0 radical (unpaired) electrons. The van der Waals surface area contributed by atoms with Gasteiger partial charge in [0, 0.05) is 0 Å². The maximum Gasteiger partial charge on any atom is -0.00712 e. The Bertz CT molecular complexity index is 347. The van der Waals surface area contributed by atoms with Crippen LogP contribution in [0.15, 0.2) is 18.2 Å². The van der Waals surface area contributed by atoms with E-state index in [1.165, 1.54) is 16.7 Å². The summed E-state index contributed by atoms with van der Waals surface area (Å²) in [5.74, 6) is 0.554. The molecule has 1 heteroatoms. The third-order valence-electron chi connectivity index (χ3n) is 3.30. The predicted molar refractivity (Wildman–Crippen MR) is 71.8 cm³/mol. The van der Waals surface area contributed by atoms with Crippen molar-refractivity contribution in [3.63, 3.8) is 0 Å². The van der Waals surface area contributed by atoms with Gasteiger partial charge in [-0.1, -0.05) is 44.5 Å². The average Bonchev–Trinajstić information content (AvgIpc) is 2.13. The zero-order valence-electron chi connectivity index (χ0n) is 11.3. The summed E-state index contributed by atoms with van der Waals surface area (Å²) in [6.45, 7) is 12.0. The van der Waals surface area contributed by atoms with Gasteiger partial charge < -0.3 is 5.73 Å². The van der Waals surface area contributed by atoms with E-state index in [2.05, 4.69) is 52.8 Å². The quantitative estimate of drug-likeness (QED) is 0.822. The Morgan fingerprint density at radius 3 is 2.25 bits per heavy atom. The lowest BCUT2D eigenvalue weighted by molar-refractivity contribution is 0.307. The zero-order valence-corrected chi connectivity index (χ0v) is 11.3. The standard InChI is InChI=1S/C15H25N/c1-11-6-7-13(12(2)10-11)14(8-9-16)15(3,4)5/h6-7,10,14H,8-9,16H2,1-5H3. The fraction of sp³-hybridized carbons (Fsp3) is 0.600. The van der Waals surface area contributed by atoms with Crippen molar-refractivity contribution in [2.45, 2.75) is 47.0 Å². The summed E-state index contributed by atoms with van der Waals surface area (Å²) in [5, 5.41) is 0. The van der Waals surface area contributed by atoms with Crippen LogP contribution >= 0.6 is 0 Å². The van der Waals surface area contributed by atoms with Gasteiger partial charge in [0.25, 0.3) is 0 Å². The van der Waals surface area contributed by atoms with Gasteiger partial charge in [-0.05, 0) is 49.3 Å². The summed E-state index contributed by atoms with van der Waals surface area (Å²) in [5.41, 5.74) is 10.2. The third-order valence-corrected chi connectivity index (χ3v) is 3.30. The second-order valence-electron chi connectivity index (χ2n) is 5.86. The van der Waals surface area contributed by atoms with Crippen molar-refractivity contribution in [1.29, 1.82) is 0 Å². The highest BCUT2D eigenvalue weighted by molar-refractivity contribution is 5.34. The van der Waals surface area contributed by atoms with Crippen LogP contribution in [0.4, 0.5) is 0 Å². The molecule has 1 atom stereocenters. The smallest absolute Gasteiger partial charge is 0.00712 e. The number of hydrogen-bond donors (Lipinski definition) is 1. The Balaban J connectivity index is 3.11. The molecule has 0 spiro atoms. The summed E-state index contributed by atoms with van der Waals surface area (Å²) in [6.07, 6.45) is 1.06. The van der Waals surface area contributed by atoms with E-state index < -0.39 is 0 Å². The highest BCUT2D eigenvalue weighted by Gasteiger charge is 2.26. The number of nitrogens with two attached hydrogens (primary N) is 1. The molecular formula is C15H25N. The normalized spacial score (nSPS) is 13.9. The van der Waals surface area contributed by atoms with Gasteiger partial charge in [0.1, 0.15) is 0 Å². The number of rotatable bonds is 3. The van der Waals surface area contributed by atoms with Crippen molar-refractivity contribution < 1.29 is 0 Å². The molecule has 2 N–H and O–H groups in total. The molecule has 1 aromatic carbocycles. The van der Waals surface area contributed by atoms with E-state index in [0.717, 1.165) is 13.0 Å². The van der Waals surface area contributed by atoms with Gasteiger partial charge in [-0.25, -0.2) is 0 Å². The molecule has 0 aliphatic carbocycles. The first-order chi connectivity index (χ1) is 7.36. The fourth-order valence-electron chi connectivity index (χ4n) is 2.44. The molecule has 0 aliphatic rings. The number of hydrogen-bond acceptors (Lipinski definition) is 1. The summed E-state index contributed by atoms with van der Waals surface area (Å²) >= 11 is 0. The van der Waals surface area contributed by atoms with Crippen LogP contribution in [0.5, 0.6) is 0 Å². The van der Waals surface area contributed by atoms with Crippen LogP contribution in [0.2, 0.25) is 0 Å². The van der Waals surface area contributed by atoms with Crippen molar-refractivity contribution in [2.75, 3.05) is 6.54 Å². The average molecular weight is 219 g/mol. The van der Waals surface area contributed by atoms with Crippen molar-refractivity contribution in [1.82, 2.24) is 0 Å². The molecule has 0 amide bonds. The van der Waals surface area contributed by atoms with E-state index in [-0.39, 0.29) is 5.41 Å². The van der Waals surface area contributed by atoms with Crippen molar-refractivity contribution in [3.8, 4) is 0 Å².